The number of rotatable bonds is 8. The molecule has 0 bridgehead atoms. The Morgan fingerprint density at radius 2 is 1.84 bits per heavy atom. The Morgan fingerprint density at radius 3 is 2.52 bits per heavy atom. The zero-order valence-corrected chi connectivity index (χ0v) is 14.0. The molecule has 0 spiro atoms. The zero-order chi connectivity index (χ0) is 18.1. The normalized spacial score (nSPS) is 10.1. The Morgan fingerprint density at radius 1 is 1.12 bits per heavy atom. The van der Waals surface area contributed by atoms with Crippen LogP contribution in [0.3, 0.4) is 0 Å². The first-order valence-corrected chi connectivity index (χ1v) is 8.00. The smallest absolute Gasteiger partial charge is 0.335 e. The molecule has 2 rings (SSSR count). The highest BCUT2D eigenvalue weighted by molar-refractivity contribution is 5.87. The molecular weight excluding hydrogens is 322 g/mol. The molecule has 2 amide bonds. The van der Waals surface area contributed by atoms with Gasteiger partial charge in [-0.25, -0.2) is 14.6 Å². The van der Waals surface area contributed by atoms with E-state index in [1.54, 1.807) is 24.4 Å². The number of amides is 2. The van der Waals surface area contributed by atoms with Crippen molar-refractivity contribution in [2.75, 3.05) is 6.61 Å². The van der Waals surface area contributed by atoms with Crippen LogP contribution in [0, 0.1) is 0 Å². The lowest BCUT2D eigenvalue weighted by molar-refractivity contribution is 0.0697. The molecule has 0 unspecified atom stereocenters. The fourth-order valence-electron chi connectivity index (χ4n) is 2.07. The van der Waals surface area contributed by atoms with Crippen molar-refractivity contribution in [2.24, 2.45) is 0 Å². The van der Waals surface area contributed by atoms with Gasteiger partial charge in [-0.3, -0.25) is 0 Å². The van der Waals surface area contributed by atoms with Gasteiger partial charge < -0.3 is 20.5 Å². The summed E-state index contributed by atoms with van der Waals surface area (Å²) in [5.74, 6) is -0.455. The van der Waals surface area contributed by atoms with Gasteiger partial charge in [0.2, 0.25) is 5.88 Å². The Balaban J connectivity index is 1.82. The molecule has 0 aliphatic heterocycles. The minimum absolute atomic E-state index is 0.212. The number of benzene rings is 1. The highest BCUT2D eigenvalue weighted by atomic mass is 16.5. The summed E-state index contributed by atoms with van der Waals surface area (Å²) >= 11 is 0. The fraction of sp³-hybridized carbons (Fsp3) is 0.278. The molecule has 25 heavy (non-hydrogen) atoms. The molecule has 0 radical (unpaired) electrons. The van der Waals surface area contributed by atoms with Crippen LogP contribution in [0.2, 0.25) is 0 Å². The van der Waals surface area contributed by atoms with Crippen LogP contribution < -0.4 is 15.4 Å². The van der Waals surface area contributed by atoms with E-state index in [1.165, 1.54) is 12.1 Å². The molecule has 7 heteroatoms. The lowest BCUT2D eigenvalue weighted by Gasteiger charge is -2.11. The second-order valence-corrected chi connectivity index (χ2v) is 5.35. The summed E-state index contributed by atoms with van der Waals surface area (Å²) in [6, 6.07) is 9.66. The van der Waals surface area contributed by atoms with Crippen molar-refractivity contribution < 1.29 is 19.4 Å². The van der Waals surface area contributed by atoms with Gasteiger partial charge in [0.25, 0.3) is 0 Å². The molecule has 0 saturated heterocycles. The molecule has 0 saturated carbocycles. The Hall–Kier alpha value is -3.09. The number of nitrogens with zero attached hydrogens (tertiary/aromatic N) is 1. The van der Waals surface area contributed by atoms with Crippen LogP contribution in [0.4, 0.5) is 4.79 Å². The van der Waals surface area contributed by atoms with E-state index in [-0.39, 0.29) is 11.6 Å². The van der Waals surface area contributed by atoms with Crippen molar-refractivity contribution in [3.8, 4) is 5.88 Å². The SMILES string of the molecule is CCCOc1ncccc1CNC(=O)NCc1ccc(C(=O)O)cc1. The third-order valence-corrected chi connectivity index (χ3v) is 3.39. The summed E-state index contributed by atoms with van der Waals surface area (Å²) in [4.78, 5) is 26.9. The topological polar surface area (TPSA) is 101 Å². The van der Waals surface area contributed by atoms with Crippen LogP contribution >= 0.6 is 0 Å². The molecule has 0 fully saturated rings. The number of aromatic carboxylic acids is 1. The first kappa shape index (κ1) is 18.3. The van der Waals surface area contributed by atoms with Gasteiger partial charge in [0.05, 0.1) is 12.2 Å². The van der Waals surface area contributed by atoms with E-state index in [4.69, 9.17) is 9.84 Å². The summed E-state index contributed by atoms with van der Waals surface area (Å²) in [6.07, 6.45) is 2.53. The van der Waals surface area contributed by atoms with E-state index in [9.17, 15) is 9.59 Å². The van der Waals surface area contributed by atoms with Gasteiger partial charge in [-0.15, -0.1) is 0 Å². The summed E-state index contributed by atoms with van der Waals surface area (Å²) in [6.45, 7) is 3.19. The molecule has 2 aromatic rings. The van der Waals surface area contributed by atoms with Gasteiger partial charge in [-0.1, -0.05) is 25.1 Å². The number of hydrogen-bond acceptors (Lipinski definition) is 4. The fourth-order valence-corrected chi connectivity index (χ4v) is 2.07. The second kappa shape index (κ2) is 9.27. The minimum Gasteiger partial charge on any atom is -0.478 e. The molecule has 1 heterocycles. The second-order valence-electron chi connectivity index (χ2n) is 5.35. The average molecular weight is 343 g/mol. The van der Waals surface area contributed by atoms with Crippen molar-refractivity contribution in [2.45, 2.75) is 26.4 Å². The Bertz CT molecular complexity index is 717. The molecule has 7 nitrogen and oxygen atoms in total. The third kappa shape index (κ3) is 5.80. The van der Waals surface area contributed by atoms with Crippen LogP contribution in [0.1, 0.15) is 34.8 Å². The van der Waals surface area contributed by atoms with Crippen molar-refractivity contribution in [1.29, 1.82) is 0 Å². The maximum absolute atomic E-state index is 11.9. The van der Waals surface area contributed by atoms with Crippen molar-refractivity contribution in [1.82, 2.24) is 15.6 Å². The molecule has 132 valence electrons. The van der Waals surface area contributed by atoms with Crippen LogP contribution in [0.25, 0.3) is 0 Å². The molecule has 3 N–H and O–H groups in total. The summed E-state index contributed by atoms with van der Waals surface area (Å²) in [7, 11) is 0. The lowest BCUT2D eigenvalue weighted by atomic mass is 10.1. The number of urea groups is 1. The first-order chi connectivity index (χ1) is 12.1. The molecule has 0 aliphatic carbocycles. The predicted molar refractivity (Wildman–Crippen MR) is 92.5 cm³/mol. The van der Waals surface area contributed by atoms with Crippen LogP contribution in [-0.2, 0) is 13.1 Å². The monoisotopic (exact) mass is 343 g/mol. The average Bonchev–Trinajstić information content (AvgIpc) is 2.64. The number of carbonyl (C=O) groups excluding carboxylic acids is 1. The lowest BCUT2D eigenvalue weighted by Crippen LogP contribution is -2.34. The van der Waals surface area contributed by atoms with Crippen molar-refractivity contribution in [3.05, 3.63) is 59.3 Å². The van der Waals surface area contributed by atoms with Crippen LogP contribution in [0.5, 0.6) is 5.88 Å². The largest absolute Gasteiger partial charge is 0.478 e. The van der Waals surface area contributed by atoms with Crippen molar-refractivity contribution >= 4 is 12.0 Å². The third-order valence-electron chi connectivity index (χ3n) is 3.39. The number of pyridine rings is 1. The van der Waals surface area contributed by atoms with Gasteiger partial charge in [0.1, 0.15) is 0 Å². The molecule has 0 atom stereocenters. The zero-order valence-electron chi connectivity index (χ0n) is 14.0. The van der Waals surface area contributed by atoms with Gasteiger partial charge in [0, 0.05) is 24.8 Å². The summed E-state index contributed by atoms with van der Waals surface area (Å²) < 4.78 is 5.55. The molecule has 1 aromatic heterocycles. The van der Waals surface area contributed by atoms with E-state index in [2.05, 4.69) is 15.6 Å². The quantitative estimate of drug-likeness (QED) is 0.684. The van der Waals surface area contributed by atoms with Gasteiger partial charge in [-0.05, 0) is 30.2 Å². The number of aromatic nitrogens is 1. The first-order valence-electron chi connectivity index (χ1n) is 8.00. The number of carboxylic acids is 1. The highest BCUT2D eigenvalue weighted by Crippen LogP contribution is 2.14. The molecule has 1 aromatic carbocycles. The highest BCUT2D eigenvalue weighted by Gasteiger charge is 2.07. The standard InChI is InChI=1S/C18H21N3O4/c1-2-10-25-16-15(4-3-9-19-16)12-21-18(24)20-11-13-5-7-14(8-6-13)17(22)23/h3-9H,2,10-12H2,1H3,(H,22,23)(H2,20,21,24). The number of carbonyl (C=O) groups is 2. The number of nitrogens with one attached hydrogen (secondary N) is 2. The minimum atomic E-state index is -0.977. The van der Waals surface area contributed by atoms with E-state index in [1.807, 2.05) is 13.0 Å². The Labute approximate surface area is 146 Å². The van der Waals surface area contributed by atoms with Crippen molar-refractivity contribution in [3.63, 3.8) is 0 Å². The Kier molecular flexibility index (Phi) is 6.76. The van der Waals surface area contributed by atoms with E-state index in [0.717, 1.165) is 17.5 Å². The van der Waals surface area contributed by atoms with Gasteiger partial charge in [0.15, 0.2) is 0 Å². The van der Waals surface area contributed by atoms with Crippen LogP contribution in [-0.4, -0.2) is 28.7 Å². The predicted octanol–water partition coefficient (Wildman–Crippen LogP) is 2.57. The van der Waals surface area contributed by atoms with E-state index >= 15 is 0 Å². The number of ether oxygens (including phenoxy) is 1. The van der Waals surface area contributed by atoms with Crippen LogP contribution in [0.15, 0.2) is 42.6 Å². The molecule has 0 aliphatic rings. The van der Waals surface area contributed by atoms with Gasteiger partial charge >= 0.3 is 12.0 Å². The van der Waals surface area contributed by atoms with E-state index < -0.39 is 5.97 Å². The summed E-state index contributed by atoms with van der Waals surface area (Å²) in [5.41, 5.74) is 1.83. The number of hydrogen-bond donors (Lipinski definition) is 3. The molecular formula is C18H21N3O4. The maximum atomic E-state index is 11.9. The van der Waals surface area contributed by atoms with Gasteiger partial charge in [-0.2, -0.15) is 0 Å². The van der Waals surface area contributed by atoms with E-state index in [0.29, 0.717) is 25.6 Å². The maximum Gasteiger partial charge on any atom is 0.335 e. The summed E-state index contributed by atoms with van der Waals surface area (Å²) in [5, 5.41) is 14.3. The number of carboxylic acid groups (broad SMARTS) is 1.